The van der Waals surface area contributed by atoms with E-state index < -0.39 is 17.7 Å². The first-order chi connectivity index (χ1) is 8.41. The molecular formula is C13H14N2O3. The fourth-order valence-corrected chi connectivity index (χ4v) is 1.84. The monoisotopic (exact) mass is 246 g/mol. The lowest BCUT2D eigenvalue weighted by atomic mass is 9.99. The number of rotatable bonds is 3. The molecule has 0 bridgehead atoms. The van der Waals surface area contributed by atoms with Crippen LogP contribution in [0.1, 0.15) is 23.1 Å². The van der Waals surface area contributed by atoms with Gasteiger partial charge in [0.15, 0.2) is 5.78 Å². The van der Waals surface area contributed by atoms with Gasteiger partial charge in [-0.3, -0.25) is 9.59 Å². The SMILES string of the molecule is Cc1nc2cc(C(=O)C(C)C(=O)O)ccc2n1C. The van der Waals surface area contributed by atoms with E-state index in [0.717, 1.165) is 11.3 Å². The fourth-order valence-electron chi connectivity index (χ4n) is 1.84. The third-order valence-electron chi connectivity index (χ3n) is 3.15. The van der Waals surface area contributed by atoms with Crippen molar-refractivity contribution in [3.05, 3.63) is 29.6 Å². The Morgan fingerprint density at radius 3 is 2.67 bits per heavy atom. The third-order valence-corrected chi connectivity index (χ3v) is 3.15. The molecule has 0 spiro atoms. The molecule has 0 saturated carbocycles. The summed E-state index contributed by atoms with van der Waals surface area (Å²) in [5.74, 6) is -1.70. The second-order valence-electron chi connectivity index (χ2n) is 4.35. The summed E-state index contributed by atoms with van der Waals surface area (Å²) in [6.45, 7) is 3.26. The van der Waals surface area contributed by atoms with Crippen molar-refractivity contribution < 1.29 is 14.7 Å². The highest BCUT2D eigenvalue weighted by Crippen LogP contribution is 2.18. The summed E-state index contributed by atoms with van der Waals surface area (Å²) in [4.78, 5) is 27.0. The first kappa shape index (κ1) is 12.3. The van der Waals surface area contributed by atoms with E-state index in [-0.39, 0.29) is 0 Å². The number of nitrogens with zero attached hydrogens (tertiary/aromatic N) is 2. The average molecular weight is 246 g/mol. The molecule has 0 fully saturated rings. The lowest BCUT2D eigenvalue weighted by Gasteiger charge is -2.05. The Hall–Kier alpha value is -2.17. The van der Waals surface area contributed by atoms with Crippen molar-refractivity contribution in [3.63, 3.8) is 0 Å². The lowest BCUT2D eigenvalue weighted by Crippen LogP contribution is -2.20. The van der Waals surface area contributed by atoms with E-state index in [2.05, 4.69) is 4.98 Å². The maximum Gasteiger partial charge on any atom is 0.314 e. The summed E-state index contributed by atoms with van der Waals surface area (Å²) in [6.07, 6.45) is 0. The number of carboxylic acids is 1. The van der Waals surface area contributed by atoms with Crippen LogP contribution in [0.5, 0.6) is 0 Å². The Labute approximate surface area is 104 Å². The van der Waals surface area contributed by atoms with Gasteiger partial charge in [0.1, 0.15) is 11.7 Å². The largest absolute Gasteiger partial charge is 0.481 e. The topological polar surface area (TPSA) is 72.2 Å². The maximum absolute atomic E-state index is 11.9. The number of carboxylic acid groups (broad SMARTS) is 1. The van der Waals surface area contributed by atoms with Gasteiger partial charge in [-0.2, -0.15) is 0 Å². The Bertz CT molecular complexity index is 643. The number of Topliss-reactive ketones (excluding diaryl/α,β-unsaturated/α-hetero) is 1. The number of hydrogen-bond acceptors (Lipinski definition) is 3. The quantitative estimate of drug-likeness (QED) is 0.662. The second kappa shape index (κ2) is 4.25. The number of imidazole rings is 1. The molecule has 1 heterocycles. The van der Waals surface area contributed by atoms with Crippen LogP contribution in [-0.4, -0.2) is 26.4 Å². The molecule has 0 aliphatic rings. The standard InChI is InChI=1S/C13H14N2O3/c1-7(13(17)18)12(16)9-4-5-11-10(6-9)14-8(2)15(11)3/h4-7H,1-3H3,(H,17,18). The van der Waals surface area contributed by atoms with E-state index in [4.69, 9.17) is 5.11 Å². The predicted molar refractivity (Wildman–Crippen MR) is 66.6 cm³/mol. The number of carbonyl (C=O) groups is 2. The summed E-state index contributed by atoms with van der Waals surface area (Å²) in [6, 6.07) is 5.08. The van der Waals surface area contributed by atoms with E-state index in [1.165, 1.54) is 6.92 Å². The maximum atomic E-state index is 11.9. The molecular weight excluding hydrogens is 232 g/mol. The minimum absolute atomic E-state index is 0.385. The lowest BCUT2D eigenvalue weighted by molar-refractivity contribution is -0.139. The summed E-state index contributed by atoms with van der Waals surface area (Å²) in [5.41, 5.74) is 2.01. The van der Waals surface area contributed by atoms with E-state index in [1.807, 2.05) is 18.5 Å². The van der Waals surface area contributed by atoms with Gasteiger partial charge >= 0.3 is 5.97 Å². The molecule has 0 saturated heterocycles. The van der Waals surface area contributed by atoms with Crippen LogP contribution in [0.15, 0.2) is 18.2 Å². The Balaban J connectivity index is 2.48. The highest BCUT2D eigenvalue weighted by molar-refractivity contribution is 6.09. The van der Waals surface area contributed by atoms with Gasteiger partial charge in [0.2, 0.25) is 0 Å². The van der Waals surface area contributed by atoms with Crippen molar-refractivity contribution in [3.8, 4) is 0 Å². The summed E-state index contributed by atoms with van der Waals surface area (Å²) in [5, 5.41) is 8.83. The number of aliphatic carboxylic acids is 1. The van der Waals surface area contributed by atoms with Crippen LogP contribution >= 0.6 is 0 Å². The molecule has 0 radical (unpaired) electrons. The van der Waals surface area contributed by atoms with Gasteiger partial charge in [0.25, 0.3) is 0 Å². The Kier molecular flexibility index (Phi) is 2.90. The zero-order chi connectivity index (χ0) is 13.4. The number of aromatic nitrogens is 2. The molecule has 1 aromatic carbocycles. The Morgan fingerprint density at radius 1 is 1.39 bits per heavy atom. The van der Waals surface area contributed by atoms with Crippen LogP contribution < -0.4 is 0 Å². The first-order valence-corrected chi connectivity index (χ1v) is 5.62. The van der Waals surface area contributed by atoms with Gasteiger partial charge in [-0.05, 0) is 32.0 Å². The van der Waals surface area contributed by atoms with Gasteiger partial charge in [-0.25, -0.2) is 4.98 Å². The fraction of sp³-hybridized carbons (Fsp3) is 0.308. The number of ketones is 1. The first-order valence-electron chi connectivity index (χ1n) is 5.62. The summed E-state index contributed by atoms with van der Waals surface area (Å²) in [7, 11) is 1.89. The molecule has 18 heavy (non-hydrogen) atoms. The molecule has 0 aliphatic carbocycles. The number of carbonyl (C=O) groups excluding carboxylic acids is 1. The minimum atomic E-state index is -1.11. The van der Waals surface area contributed by atoms with Crippen LogP contribution in [0.25, 0.3) is 11.0 Å². The van der Waals surface area contributed by atoms with Crippen molar-refractivity contribution in [1.29, 1.82) is 0 Å². The Morgan fingerprint density at radius 2 is 2.06 bits per heavy atom. The molecule has 2 rings (SSSR count). The number of benzene rings is 1. The van der Waals surface area contributed by atoms with Crippen molar-refractivity contribution in [1.82, 2.24) is 9.55 Å². The summed E-state index contributed by atoms with van der Waals surface area (Å²) < 4.78 is 1.92. The zero-order valence-electron chi connectivity index (χ0n) is 10.5. The number of hydrogen-bond donors (Lipinski definition) is 1. The van der Waals surface area contributed by atoms with E-state index in [9.17, 15) is 9.59 Å². The molecule has 1 atom stereocenters. The van der Waals surface area contributed by atoms with Crippen molar-refractivity contribution in [2.75, 3.05) is 0 Å². The molecule has 5 heteroatoms. The van der Waals surface area contributed by atoms with Crippen molar-refractivity contribution in [2.24, 2.45) is 13.0 Å². The highest BCUT2D eigenvalue weighted by atomic mass is 16.4. The van der Waals surface area contributed by atoms with Gasteiger partial charge < -0.3 is 9.67 Å². The van der Waals surface area contributed by atoms with Crippen LogP contribution in [0.3, 0.4) is 0 Å². The van der Waals surface area contributed by atoms with Crippen LogP contribution in [-0.2, 0) is 11.8 Å². The normalized spacial score (nSPS) is 12.6. The molecule has 1 unspecified atom stereocenters. The van der Waals surface area contributed by atoms with Crippen LogP contribution in [0.2, 0.25) is 0 Å². The van der Waals surface area contributed by atoms with Crippen LogP contribution in [0.4, 0.5) is 0 Å². The highest BCUT2D eigenvalue weighted by Gasteiger charge is 2.22. The molecule has 0 amide bonds. The zero-order valence-corrected chi connectivity index (χ0v) is 10.5. The predicted octanol–water partition coefficient (Wildman–Crippen LogP) is 1.79. The second-order valence-corrected chi connectivity index (χ2v) is 4.35. The minimum Gasteiger partial charge on any atom is -0.481 e. The smallest absolute Gasteiger partial charge is 0.314 e. The third kappa shape index (κ3) is 1.88. The number of aryl methyl sites for hydroxylation is 2. The van der Waals surface area contributed by atoms with Crippen LogP contribution in [0, 0.1) is 12.8 Å². The van der Waals surface area contributed by atoms with Gasteiger partial charge in [0, 0.05) is 12.6 Å². The molecule has 1 aromatic heterocycles. The molecule has 5 nitrogen and oxygen atoms in total. The van der Waals surface area contributed by atoms with Crippen molar-refractivity contribution >= 4 is 22.8 Å². The summed E-state index contributed by atoms with van der Waals surface area (Å²) >= 11 is 0. The average Bonchev–Trinajstić information content (AvgIpc) is 2.62. The molecule has 1 N–H and O–H groups in total. The number of fused-ring (bicyclic) bond motifs is 1. The van der Waals surface area contributed by atoms with Gasteiger partial charge in [-0.1, -0.05) is 0 Å². The molecule has 94 valence electrons. The van der Waals surface area contributed by atoms with E-state index in [1.54, 1.807) is 18.2 Å². The van der Waals surface area contributed by atoms with Gasteiger partial charge in [0.05, 0.1) is 11.0 Å². The van der Waals surface area contributed by atoms with E-state index in [0.29, 0.717) is 11.1 Å². The van der Waals surface area contributed by atoms with Crippen molar-refractivity contribution in [2.45, 2.75) is 13.8 Å². The molecule has 0 aliphatic heterocycles. The molecule has 2 aromatic rings. The van der Waals surface area contributed by atoms with E-state index >= 15 is 0 Å². The van der Waals surface area contributed by atoms with Gasteiger partial charge in [-0.15, -0.1) is 0 Å².